The van der Waals surface area contributed by atoms with Crippen molar-refractivity contribution in [3.05, 3.63) is 33.8 Å². The van der Waals surface area contributed by atoms with E-state index in [0.29, 0.717) is 23.0 Å². The van der Waals surface area contributed by atoms with Crippen molar-refractivity contribution in [1.82, 2.24) is 10.2 Å². The number of hydrogen-bond donors (Lipinski definition) is 1. The predicted molar refractivity (Wildman–Crippen MR) is 99.3 cm³/mol. The van der Waals surface area contributed by atoms with Gasteiger partial charge in [0, 0.05) is 29.6 Å². The van der Waals surface area contributed by atoms with Crippen molar-refractivity contribution in [3.63, 3.8) is 0 Å². The van der Waals surface area contributed by atoms with Crippen LogP contribution in [0.3, 0.4) is 0 Å². The molecule has 1 N–H and O–H groups in total. The molecule has 0 aliphatic heterocycles. The highest BCUT2D eigenvalue weighted by Crippen LogP contribution is 2.23. The van der Waals surface area contributed by atoms with Gasteiger partial charge in [0.15, 0.2) is 0 Å². The first-order valence-electron chi connectivity index (χ1n) is 8.41. The zero-order chi connectivity index (χ0) is 18.1. The van der Waals surface area contributed by atoms with Crippen LogP contribution in [-0.4, -0.2) is 29.3 Å². The molecule has 6 heteroatoms. The van der Waals surface area contributed by atoms with Gasteiger partial charge in [-0.1, -0.05) is 49.5 Å². The van der Waals surface area contributed by atoms with Crippen LogP contribution in [0.2, 0.25) is 10.0 Å². The normalized spacial score (nSPS) is 11.9. The smallest absolute Gasteiger partial charge is 0.242 e. The van der Waals surface area contributed by atoms with Crippen molar-refractivity contribution >= 4 is 35.0 Å². The fourth-order valence-electron chi connectivity index (χ4n) is 2.31. The molecule has 0 saturated carbocycles. The first kappa shape index (κ1) is 20.8. The first-order chi connectivity index (χ1) is 11.4. The highest BCUT2D eigenvalue weighted by molar-refractivity contribution is 6.35. The number of nitrogens with zero attached hydrogens (tertiary/aromatic N) is 1. The molecule has 1 aromatic carbocycles. The number of carbonyl (C=O) groups is 2. The zero-order valence-electron chi connectivity index (χ0n) is 14.6. The van der Waals surface area contributed by atoms with Gasteiger partial charge >= 0.3 is 0 Å². The summed E-state index contributed by atoms with van der Waals surface area (Å²) in [7, 11) is 0. The van der Waals surface area contributed by atoms with Crippen LogP contribution in [0.1, 0.15) is 52.0 Å². The lowest BCUT2D eigenvalue weighted by Crippen LogP contribution is -2.47. The maximum absolute atomic E-state index is 12.5. The summed E-state index contributed by atoms with van der Waals surface area (Å²) in [5.74, 6) is -0.195. The molecule has 1 unspecified atom stereocenters. The molecule has 0 aromatic heterocycles. The third-order valence-corrected chi connectivity index (χ3v) is 4.40. The molecular formula is C18H26Cl2N2O2. The van der Waals surface area contributed by atoms with Gasteiger partial charge in [0.25, 0.3) is 0 Å². The molecule has 0 radical (unpaired) electrons. The Bertz CT molecular complexity index is 564. The molecule has 0 fully saturated rings. The van der Waals surface area contributed by atoms with Crippen molar-refractivity contribution in [2.45, 2.75) is 59.0 Å². The van der Waals surface area contributed by atoms with Crippen LogP contribution >= 0.6 is 23.2 Å². The lowest BCUT2D eigenvalue weighted by atomic mass is 10.1. The average molecular weight is 373 g/mol. The summed E-state index contributed by atoms with van der Waals surface area (Å²) in [4.78, 5) is 26.4. The van der Waals surface area contributed by atoms with Crippen molar-refractivity contribution < 1.29 is 9.59 Å². The molecule has 2 amide bonds. The van der Waals surface area contributed by atoms with Crippen LogP contribution in [0.4, 0.5) is 0 Å². The second-order valence-corrected chi connectivity index (χ2v) is 6.67. The van der Waals surface area contributed by atoms with Gasteiger partial charge in [0.1, 0.15) is 6.04 Å². The number of rotatable bonds is 9. The van der Waals surface area contributed by atoms with Crippen molar-refractivity contribution in [3.8, 4) is 0 Å². The minimum Gasteiger partial charge on any atom is -0.354 e. The Morgan fingerprint density at radius 1 is 1.21 bits per heavy atom. The number of amides is 2. The fraction of sp³-hybridized carbons (Fsp3) is 0.556. The third-order valence-electron chi connectivity index (χ3n) is 3.82. The monoisotopic (exact) mass is 372 g/mol. The summed E-state index contributed by atoms with van der Waals surface area (Å²) in [6, 6.07) is 4.62. The Kier molecular flexibility index (Phi) is 9.16. The molecule has 24 heavy (non-hydrogen) atoms. The van der Waals surface area contributed by atoms with Crippen LogP contribution in [0.5, 0.6) is 0 Å². The highest BCUT2D eigenvalue weighted by Gasteiger charge is 2.25. The maximum atomic E-state index is 12.5. The van der Waals surface area contributed by atoms with Crippen molar-refractivity contribution in [1.29, 1.82) is 0 Å². The number of nitrogens with one attached hydrogen (secondary N) is 1. The average Bonchev–Trinajstić information content (AvgIpc) is 2.53. The number of benzene rings is 1. The lowest BCUT2D eigenvalue weighted by Gasteiger charge is -2.29. The standard InChI is InChI=1S/C18H26Cl2N2O2/c1-4-6-10-21-18(24)13(3)22(17(23)7-5-2)12-14-8-9-15(19)11-16(14)20/h8-9,11,13H,4-7,10,12H2,1-3H3,(H,21,24). The summed E-state index contributed by atoms with van der Waals surface area (Å²) < 4.78 is 0. The van der Waals surface area contributed by atoms with Gasteiger partial charge < -0.3 is 10.2 Å². The van der Waals surface area contributed by atoms with Crippen LogP contribution in [0.15, 0.2) is 18.2 Å². The van der Waals surface area contributed by atoms with E-state index in [1.807, 2.05) is 6.92 Å². The molecule has 0 aliphatic rings. The highest BCUT2D eigenvalue weighted by atomic mass is 35.5. The summed E-state index contributed by atoms with van der Waals surface area (Å²) in [6.07, 6.45) is 3.06. The van der Waals surface area contributed by atoms with E-state index in [-0.39, 0.29) is 18.4 Å². The zero-order valence-corrected chi connectivity index (χ0v) is 16.1. The van der Waals surface area contributed by atoms with Gasteiger partial charge in [0.05, 0.1) is 0 Å². The second-order valence-electron chi connectivity index (χ2n) is 5.83. The number of halogens is 2. The van der Waals surface area contributed by atoms with E-state index in [1.165, 1.54) is 0 Å². The van der Waals surface area contributed by atoms with Gasteiger partial charge in [-0.15, -0.1) is 0 Å². The Hall–Kier alpha value is -1.26. The summed E-state index contributed by atoms with van der Waals surface area (Å²) in [5, 5.41) is 3.92. The van der Waals surface area contributed by atoms with E-state index in [2.05, 4.69) is 12.2 Å². The van der Waals surface area contributed by atoms with E-state index < -0.39 is 6.04 Å². The van der Waals surface area contributed by atoms with Crippen LogP contribution in [0.25, 0.3) is 0 Å². The minimum atomic E-state index is -0.548. The van der Waals surface area contributed by atoms with E-state index >= 15 is 0 Å². The van der Waals surface area contributed by atoms with Crippen LogP contribution < -0.4 is 5.32 Å². The largest absolute Gasteiger partial charge is 0.354 e. The lowest BCUT2D eigenvalue weighted by molar-refractivity contribution is -0.140. The second kappa shape index (κ2) is 10.6. The van der Waals surface area contributed by atoms with E-state index in [0.717, 1.165) is 24.8 Å². The van der Waals surface area contributed by atoms with Crippen LogP contribution in [0, 0.1) is 0 Å². The molecule has 1 atom stereocenters. The Morgan fingerprint density at radius 2 is 1.92 bits per heavy atom. The van der Waals surface area contributed by atoms with Crippen molar-refractivity contribution in [2.75, 3.05) is 6.54 Å². The Labute approximate surface area is 154 Å². The topological polar surface area (TPSA) is 49.4 Å². The summed E-state index contributed by atoms with van der Waals surface area (Å²) in [5.41, 5.74) is 0.777. The molecule has 0 spiro atoms. The van der Waals surface area contributed by atoms with Gasteiger partial charge in [0.2, 0.25) is 11.8 Å². The molecule has 0 bridgehead atoms. The molecule has 0 aliphatic carbocycles. The molecule has 1 aromatic rings. The quantitative estimate of drug-likeness (QED) is 0.651. The SMILES string of the molecule is CCCCNC(=O)C(C)N(Cc1ccc(Cl)cc1Cl)C(=O)CCC. The number of hydrogen-bond acceptors (Lipinski definition) is 2. The first-order valence-corrected chi connectivity index (χ1v) is 9.17. The summed E-state index contributed by atoms with van der Waals surface area (Å²) >= 11 is 12.1. The molecule has 0 saturated heterocycles. The van der Waals surface area contributed by atoms with Gasteiger partial charge in [-0.3, -0.25) is 9.59 Å². The molecule has 1 rings (SSSR count). The molecule has 134 valence electrons. The Morgan fingerprint density at radius 3 is 2.50 bits per heavy atom. The van der Waals surface area contributed by atoms with Gasteiger partial charge in [-0.2, -0.15) is 0 Å². The Balaban J connectivity index is 2.90. The van der Waals surface area contributed by atoms with Gasteiger partial charge in [-0.25, -0.2) is 0 Å². The summed E-state index contributed by atoms with van der Waals surface area (Å²) in [6.45, 7) is 6.67. The fourth-order valence-corrected chi connectivity index (χ4v) is 2.78. The van der Waals surface area contributed by atoms with E-state index in [4.69, 9.17) is 23.2 Å². The number of carbonyl (C=O) groups excluding carboxylic acids is 2. The minimum absolute atomic E-state index is 0.0540. The van der Waals surface area contributed by atoms with E-state index in [1.54, 1.807) is 30.0 Å². The van der Waals surface area contributed by atoms with Gasteiger partial charge in [-0.05, 0) is 37.5 Å². The maximum Gasteiger partial charge on any atom is 0.242 e. The van der Waals surface area contributed by atoms with Crippen LogP contribution in [-0.2, 0) is 16.1 Å². The van der Waals surface area contributed by atoms with E-state index in [9.17, 15) is 9.59 Å². The predicted octanol–water partition coefficient (Wildman–Crippen LogP) is 4.43. The number of unbranched alkanes of at least 4 members (excludes halogenated alkanes) is 1. The van der Waals surface area contributed by atoms with Crippen molar-refractivity contribution in [2.24, 2.45) is 0 Å². The molecular weight excluding hydrogens is 347 g/mol. The molecule has 4 nitrogen and oxygen atoms in total. The molecule has 0 heterocycles. The third kappa shape index (κ3) is 6.33.